The molecule has 0 spiro atoms. The zero-order valence-electron chi connectivity index (χ0n) is 22.2. The Morgan fingerprint density at radius 1 is 1.12 bits per heavy atom. The van der Waals surface area contributed by atoms with Gasteiger partial charge in [-0.15, -0.1) is 0 Å². The number of anilines is 3. The predicted octanol–water partition coefficient (Wildman–Crippen LogP) is 4.11. The van der Waals surface area contributed by atoms with Gasteiger partial charge in [-0.2, -0.15) is 13.2 Å². The van der Waals surface area contributed by atoms with Crippen LogP contribution in [0.2, 0.25) is 0 Å². The molecule has 0 saturated carbocycles. The van der Waals surface area contributed by atoms with Gasteiger partial charge < -0.3 is 26.2 Å². The number of alkyl halides is 3. The van der Waals surface area contributed by atoms with Gasteiger partial charge in [0.15, 0.2) is 11.3 Å². The van der Waals surface area contributed by atoms with Gasteiger partial charge >= 0.3 is 18.2 Å². The van der Waals surface area contributed by atoms with Crippen LogP contribution in [0.4, 0.5) is 39.8 Å². The van der Waals surface area contributed by atoms with Gasteiger partial charge in [0.05, 0.1) is 23.1 Å². The molecule has 212 valence electrons. The molecule has 14 heteroatoms. The number of nitrogen functional groups attached to an aromatic ring is 1. The fraction of sp³-hybridized carbons (Fsp3) is 0.385. The van der Waals surface area contributed by atoms with Crippen LogP contribution in [0.25, 0.3) is 16.8 Å². The van der Waals surface area contributed by atoms with E-state index in [4.69, 9.17) is 5.73 Å². The number of nitrogens with zero attached hydrogens (tertiary/aromatic N) is 6. The van der Waals surface area contributed by atoms with Crippen LogP contribution < -0.4 is 21.3 Å². The van der Waals surface area contributed by atoms with Gasteiger partial charge in [-0.05, 0) is 30.2 Å². The number of nitrogens with two attached hydrogens (primary N) is 1. The summed E-state index contributed by atoms with van der Waals surface area (Å²) >= 11 is 0. The van der Waals surface area contributed by atoms with Crippen molar-refractivity contribution in [2.45, 2.75) is 25.4 Å². The number of rotatable bonds is 5. The van der Waals surface area contributed by atoms with E-state index in [0.29, 0.717) is 41.2 Å². The highest BCUT2D eigenvalue weighted by atomic mass is 19.4. The molecular formula is C26H30F3N9O2. The number of aromatic nitrogens is 4. The maximum absolute atomic E-state index is 13.2. The molecular weight excluding hydrogens is 527 g/mol. The number of nitrogens with one attached hydrogen (secondary N) is 2. The third-order valence-electron chi connectivity index (χ3n) is 7.28. The lowest BCUT2D eigenvalue weighted by atomic mass is 9.91. The molecule has 3 amide bonds. The highest BCUT2D eigenvalue weighted by Gasteiger charge is 2.38. The van der Waals surface area contributed by atoms with Crippen LogP contribution in [0, 0.1) is 5.92 Å². The summed E-state index contributed by atoms with van der Waals surface area (Å²) in [5.74, 6) is -0.160. The molecule has 40 heavy (non-hydrogen) atoms. The minimum absolute atomic E-state index is 0.0123. The first-order chi connectivity index (χ1) is 19.0. The number of imidazole rings is 1. The van der Waals surface area contributed by atoms with E-state index >= 15 is 0 Å². The number of benzene rings is 1. The van der Waals surface area contributed by atoms with E-state index in [2.05, 4.69) is 15.3 Å². The Kier molecular flexibility index (Phi) is 6.94. The Labute approximate surface area is 227 Å². The lowest BCUT2D eigenvalue weighted by Crippen LogP contribution is -2.42. The largest absolute Gasteiger partial charge is 0.405 e. The summed E-state index contributed by atoms with van der Waals surface area (Å²) < 4.78 is 41.1. The molecule has 1 aliphatic heterocycles. The topological polar surface area (TPSA) is 126 Å². The van der Waals surface area contributed by atoms with Crippen molar-refractivity contribution in [1.82, 2.24) is 29.2 Å². The average molecular weight is 558 g/mol. The van der Waals surface area contributed by atoms with Gasteiger partial charge in [-0.1, -0.05) is 13.3 Å². The van der Waals surface area contributed by atoms with Crippen molar-refractivity contribution < 1.29 is 22.8 Å². The van der Waals surface area contributed by atoms with Crippen molar-refractivity contribution in [1.29, 1.82) is 0 Å². The second kappa shape index (κ2) is 10.2. The van der Waals surface area contributed by atoms with Crippen LogP contribution in [0.5, 0.6) is 0 Å². The van der Waals surface area contributed by atoms with E-state index in [9.17, 15) is 22.8 Å². The number of amides is 3. The van der Waals surface area contributed by atoms with Gasteiger partial charge in [-0.25, -0.2) is 19.6 Å². The first kappa shape index (κ1) is 27.1. The molecule has 0 radical (unpaired) electrons. The highest BCUT2D eigenvalue weighted by molar-refractivity contribution is 5.99. The Morgan fingerprint density at radius 3 is 2.58 bits per heavy atom. The molecule has 2 atom stereocenters. The van der Waals surface area contributed by atoms with Gasteiger partial charge in [0, 0.05) is 56.9 Å². The second-order valence-electron chi connectivity index (χ2n) is 10.1. The summed E-state index contributed by atoms with van der Waals surface area (Å²) in [6.07, 6.45) is 1.08. The average Bonchev–Trinajstić information content (AvgIpc) is 3.63. The van der Waals surface area contributed by atoms with E-state index in [0.717, 1.165) is 11.4 Å². The number of likely N-dealkylation sites (tertiary alicyclic amines) is 1. The Morgan fingerprint density at radius 2 is 1.90 bits per heavy atom. The summed E-state index contributed by atoms with van der Waals surface area (Å²) in [6.45, 7) is 1.16. The van der Waals surface area contributed by atoms with Crippen molar-refractivity contribution in [3.8, 4) is 0 Å². The normalized spacial score (nSPS) is 17.5. The molecule has 11 nitrogen and oxygen atoms in total. The van der Waals surface area contributed by atoms with E-state index in [1.807, 2.05) is 41.7 Å². The molecule has 0 unspecified atom stereocenters. The summed E-state index contributed by atoms with van der Waals surface area (Å²) in [5.41, 5.74) is 10.3. The smallest absolute Gasteiger partial charge is 0.397 e. The van der Waals surface area contributed by atoms with Crippen LogP contribution in [-0.4, -0.2) is 75.8 Å². The zero-order valence-corrected chi connectivity index (χ0v) is 22.2. The first-order valence-corrected chi connectivity index (χ1v) is 12.8. The maximum atomic E-state index is 13.2. The van der Waals surface area contributed by atoms with E-state index in [1.54, 1.807) is 36.8 Å². The number of hydrogen-bond acceptors (Lipinski definition) is 6. The van der Waals surface area contributed by atoms with Crippen LogP contribution in [0.15, 0.2) is 42.9 Å². The molecule has 3 aromatic heterocycles. The third-order valence-corrected chi connectivity index (χ3v) is 7.28. The maximum Gasteiger partial charge on any atom is 0.405 e. The standard InChI is InChI=1S/C26H30F3N9O2/c1-4-15-12-36(24(39)33-14-26(27,28)29)13-17(15)21-10-31-22-11-32-23-20(38(21)22)7-8-37(23)25(40)34-19-6-5-16(35(2)3)9-18(19)30/h5-11,15,17H,4,12-14,30H2,1-3H3,(H,33,39)(H,34,40)/t15-,17+/m1/s1. The number of urea groups is 1. The van der Waals surface area contributed by atoms with Crippen molar-refractivity contribution >= 4 is 45.9 Å². The zero-order chi connectivity index (χ0) is 28.8. The van der Waals surface area contributed by atoms with Gasteiger partial charge in [0.25, 0.3) is 0 Å². The highest BCUT2D eigenvalue weighted by Crippen LogP contribution is 2.36. The van der Waals surface area contributed by atoms with Gasteiger partial charge in [-0.3, -0.25) is 8.97 Å². The minimum atomic E-state index is -4.49. The number of halogens is 3. The van der Waals surface area contributed by atoms with Crippen molar-refractivity contribution in [2.75, 3.05) is 49.7 Å². The van der Waals surface area contributed by atoms with Crippen molar-refractivity contribution in [3.05, 3.63) is 48.5 Å². The molecule has 5 rings (SSSR count). The van der Waals surface area contributed by atoms with Crippen LogP contribution in [0.3, 0.4) is 0 Å². The molecule has 4 N–H and O–H groups in total. The number of carbonyl (C=O) groups excluding carboxylic acids is 2. The molecule has 1 saturated heterocycles. The SMILES string of the molecule is CC[C@@H]1CN(C(=O)NCC(F)(F)F)C[C@@H]1c1cnc2cnc3c(ccn3C(=O)Nc3ccc(N(C)C)cc3N)n12. The van der Waals surface area contributed by atoms with Gasteiger partial charge in [0.1, 0.15) is 6.54 Å². The van der Waals surface area contributed by atoms with Crippen LogP contribution >= 0.6 is 0 Å². The van der Waals surface area contributed by atoms with E-state index in [1.165, 1.54) is 9.47 Å². The molecule has 4 heterocycles. The number of hydrogen-bond donors (Lipinski definition) is 3. The lowest BCUT2D eigenvalue weighted by molar-refractivity contribution is -0.123. The molecule has 0 bridgehead atoms. The summed E-state index contributed by atoms with van der Waals surface area (Å²) in [6, 6.07) is 5.89. The minimum Gasteiger partial charge on any atom is -0.397 e. The van der Waals surface area contributed by atoms with E-state index < -0.39 is 24.8 Å². The van der Waals surface area contributed by atoms with Crippen molar-refractivity contribution in [2.24, 2.45) is 5.92 Å². The lowest BCUT2D eigenvalue weighted by Gasteiger charge is -2.18. The number of fused-ring (bicyclic) bond motifs is 3. The fourth-order valence-electron chi connectivity index (χ4n) is 5.19. The number of carbonyl (C=O) groups is 2. The Balaban J connectivity index is 1.43. The first-order valence-electron chi connectivity index (χ1n) is 12.8. The molecule has 4 aromatic rings. The summed E-state index contributed by atoms with van der Waals surface area (Å²) in [4.78, 5) is 37.9. The third kappa shape index (κ3) is 5.08. The Bertz CT molecular complexity index is 1580. The van der Waals surface area contributed by atoms with Crippen LogP contribution in [0.1, 0.15) is 25.0 Å². The summed E-state index contributed by atoms with van der Waals surface area (Å²) in [7, 11) is 3.79. The Hall–Kier alpha value is -4.49. The second-order valence-corrected chi connectivity index (χ2v) is 10.1. The molecule has 0 aliphatic carbocycles. The quantitative estimate of drug-likeness (QED) is 0.317. The monoisotopic (exact) mass is 557 g/mol. The van der Waals surface area contributed by atoms with Crippen molar-refractivity contribution in [3.63, 3.8) is 0 Å². The molecule has 1 aliphatic rings. The molecule has 1 fully saturated rings. The van der Waals surface area contributed by atoms with Gasteiger partial charge in [0.2, 0.25) is 0 Å². The molecule has 1 aromatic carbocycles. The predicted molar refractivity (Wildman–Crippen MR) is 146 cm³/mol. The van der Waals surface area contributed by atoms with Crippen LogP contribution in [-0.2, 0) is 0 Å². The summed E-state index contributed by atoms with van der Waals surface area (Å²) in [5, 5.41) is 4.78. The van der Waals surface area contributed by atoms with E-state index in [-0.39, 0.29) is 18.4 Å². The fourth-order valence-corrected chi connectivity index (χ4v) is 5.19.